The smallest absolute Gasteiger partial charge is 0.137 e. The molecule has 0 fully saturated rings. The topological polar surface area (TPSA) is 46.5 Å². The molecule has 0 aliphatic heterocycles. The van der Waals surface area contributed by atoms with Crippen LogP contribution in [0.1, 0.15) is 5.56 Å². The third kappa shape index (κ3) is 2.21. The molecule has 0 atom stereocenters. The van der Waals surface area contributed by atoms with Crippen LogP contribution in [-0.2, 0) is 6.54 Å². The molecule has 1 aromatic carbocycles. The standard InChI is InChI=1S/C17H14N4/c1-2-4-13(5-3-1)12-21-11-8-16(20-21)14-6-9-18-17-15(14)7-10-19-17/h1-11H,12H2,(H,18,19). The van der Waals surface area contributed by atoms with Crippen LogP contribution in [0.5, 0.6) is 0 Å². The van der Waals surface area contributed by atoms with E-state index in [1.54, 1.807) is 0 Å². The molecule has 0 amide bonds. The summed E-state index contributed by atoms with van der Waals surface area (Å²) in [6.07, 6.45) is 5.73. The Morgan fingerprint density at radius 1 is 1.00 bits per heavy atom. The lowest BCUT2D eigenvalue weighted by molar-refractivity contribution is 0.689. The van der Waals surface area contributed by atoms with E-state index in [4.69, 9.17) is 0 Å². The minimum Gasteiger partial charge on any atom is -0.346 e. The van der Waals surface area contributed by atoms with Crippen molar-refractivity contribution in [3.8, 4) is 11.3 Å². The fourth-order valence-corrected chi connectivity index (χ4v) is 2.55. The van der Waals surface area contributed by atoms with E-state index in [9.17, 15) is 0 Å². The summed E-state index contributed by atoms with van der Waals surface area (Å²) in [5.41, 5.74) is 4.21. The van der Waals surface area contributed by atoms with E-state index in [1.807, 2.05) is 59.7 Å². The monoisotopic (exact) mass is 274 g/mol. The fourth-order valence-electron chi connectivity index (χ4n) is 2.55. The van der Waals surface area contributed by atoms with Crippen LogP contribution in [0.25, 0.3) is 22.3 Å². The maximum Gasteiger partial charge on any atom is 0.137 e. The van der Waals surface area contributed by atoms with E-state index in [-0.39, 0.29) is 0 Å². The highest BCUT2D eigenvalue weighted by atomic mass is 15.3. The number of benzene rings is 1. The van der Waals surface area contributed by atoms with Crippen LogP contribution >= 0.6 is 0 Å². The molecule has 0 saturated heterocycles. The van der Waals surface area contributed by atoms with Crippen molar-refractivity contribution in [3.05, 3.63) is 72.7 Å². The molecule has 0 bridgehead atoms. The molecule has 102 valence electrons. The zero-order chi connectivity index (χ0) is 14.1. The number of hydrogen-bond donors (Lipinski definition) is 1. The summed E-state index contributed by atoms with van der Waals surface area (Å²) in [6.45, 7) is 0.780. The van der Waals surface area contributed by atoms with Crippen LogP contribution in [-0.4, -0.2) is 19.7 Å². The van der Waals surface area contributed by atoms with E-state index >= 15 is 0 Å². The van der Waals surface area contributed by atoms with Crippen molar-refractivity contribution in [1.82, 2.24) is 19.7 Å². The molecule has 3 aromatic heterocycles. The van der Waals surface area contributed by atoms with Crippen molar-refractivity contribution in [2.24, 2.45) is 0 Å². The number of pyridine rings is 1. The summed E-state index contributed by atoms with van der Waals surface area (Å²) in [6, 6.07) is 16.4. The molecule has 0 spiro atoms. The number of fused-ring (bicyclic) bond motifs is 1. The SMILES string of the molecule is c1ccc(Cn2ccc(-c3ccnc4[nH]ccc34)n2)cc1. The molecule has 4 nitrogen and oxygen atoms in total. The third-order valence-electron chi connectivity index (χ3n) is 3.56. The highest BCUT2D eigenvalue weighted by molar-refractivity contribution is 5.91. The number of H-pyrrole nitrogens is 1. The molecular formula is C17H14N4. The first-order chi connectivity index (χ1) is 10.4. The summed E-state index contributed by atoms with van der Waals surface area (Å²) < 4.78 is 1.96. The molecule has 1 N–H and O–H groups in total. The summed E-state index contributed by atoms with van der Waals surface area (Å²) in [4.78, 5) is 7.44. The zero-order valence-electron chi connectivity index (χ0n) is 11.4. The highest BCUT2D eigenvalue weighted by Gasteiger charge is 2.08. The van der Waals surface area contributed by atoms with Crippen LogP contribution in [0.4, 0.5) is 0 Å². The van der Waals surface area contributed by atoms with Gasteiger partial charge >= 0.3 is 0 Å². The van der Waals surface area contributed by atoms with E-state index in [2.05, 4.69) is 27.2 Å². The van der Waals surface area contributed by atoms with E-state index in [1.165, 1.54) is 5.56 Å². The summed E-state index contributed by atoms with van der Waals surface area (Å²) >= 11 is 0. The second-order valence-electron chi connectivity index (χ2n) is 4.98. The zero-order valence-corrected chi connectivity index (χ0v) is 11.4. The Bertz CT molecular complexity index is 874. The van der Waals surface area contributed by atoms with Crippen LogP contribution in [0.3, 0.4) is 0 Å². The van der Waals surface area contributed by atoms with E-state index < -0.39 is 0 Å². The van der Waals surface area contributed by atoms with Gasteiger partial charge in [0.05, 0.1) is 12.2 Å². The van der Waals surface area contributed by atoms with Crippen molar-refractivity contribution in [3.63, 3.8) is 0 Å². The molecular weight excluding hydrogens is 260 g/mol. The predicted molar refractivity (Wildman–Crippen MR) is 82.9 cm³/mol. The Morgan fingerprint density at radius 3 is 2.81 bits per heavy atom. The molecule has 4 aromatic rings. The first kappa shape index (κ1) is 11.9. The van der Waals surface area contributed by atoms with E-state index in [0.717, 1.165) is 28.8 Å². The molecule has 0 radical (unpaired) electrons. The molecule has 3 heterocycles. The minimum absolute atomic E-state index is 0.780. The van der Waals surface area contributed by atoms with Crippen molar-refractivity contribution in [1.29, 1.82) is 0 Å². The summed E-state index contributed by atoms with van der Waals surface area (Å²) in [5, 5.41) is 5.78. The fraction of sp³-hybridized carbons (Fsp3) is 0.0588. The van der Waals surface area contributed by atoms with Gasteiger partial charge in [0, 0.05) is 29.5 Å². The van der Waals surface area contributed by atoms with Gasteiger partial charge < -0.3 is 4.98 Å². The van der Waals surface area contributed by atoms with Crippen molar-refractivity contribution < 1.29 is 0 Å². The molecule has 0 aliphatic carbocycles. The van der Waals surface area contributed by atoms with Gasteiger partial charge in [0.1, 0.15) is 5.65 Å². The Morgan fingerprint density at radius 2 is 1.90 bits per heavy atom. The lowest BCUT2D eigenvalue weighted by Crippen LogP contribution is -2.00. The van der Waals surface area contributed by atoms with Gasteiger partial charge in [-0.3, -0.25) is 4.68 Å². The van der Waals surface area contributed by atoms with Gasteiger partial charge in [-0.1, -0.05) is 30.3 Å². The lowest BCUT2D eigenvalue weighted by atomic mass is 10.1. The van der Waals surface area contributed by atoms with Gasteiger partial charge in [-0.05, 0) is 23.8 Å². The summed E-state index contributed by atoms with van der Waals surface area (Å²) in [7, 11) is 0. The average Bonchev–Trinajstić information content (AvgIpc) is 3.16. The number of nitrogens with zero attached hydrogens (tertiary/aromatic N) is 3. The lowest BCUT2D eigenvalue weighted by Gasteiger charge is -2.02. The average molecular weight is 274 g/mol. The second-order valence-corrected chi connectivity index (χ2v) is 4.98. The van der Waals surface area contributed by atoms with Crippen LogP contribution in [0.15, 0.2) is 67.1 Å². The normalized spacial score (nSPS) is 11.0. The molecule has 4 heteroatoms. The maximum absolute atomic E-state index is 4.68. The van der Waals surface area contributed by atoms with Gasteiger partial charge in [0.15, 0.2) is 0 Å². The van der Waals surface area contributed by atoms with E-state index in [0.29, 0.717) is 0 Å². The van der Waals surface area contributed by atoms with Crippen molar-refractivity contribution in [2.45, 2.75) is 6.54 Å². The van der Waals surface area contributed by atoms with Crippen LogP contribution in [0.2, 0.25) is 0 Å². The number of aromatic amines is 1. The molecule has 0 saturated carbocycles. The summed E-state index contributed by atoms with van der Waals surface area (Å²) in [5.74, 6) is 0. The Balaban J connectivity index is 1.70. The number of nitrogens with one attached hydrogen (secondary N) is 1. The highest BCUT2D eigenvalue weighted by Crippen LogP contribution is 2.25. The molecule has 21 heavy (non-hydrogen) atoms. The van der Waals surface area contributed by atoms with Gasteiger partial charge in [0.25, 0.3) is 0 Å². The van der Waals surface area contributed by atoms with Crippen molar-refractivity contribution in [2.75, 3.05) is 0 Å². The quantitative estimate of drug-likeness (QED) is 0.621. The van der Waals surface area contributed by atoms with Crippen LogP contribution in [0, 0.1) is 0 Å². The molecule has 0 unspecified atom stereocenters. The van der Waals surface area contributed by atoms with Gasteiger partial charge in [0.2, 0.25) is 0 Å². The minimum atomic E-state index is 0.780. The second kappa shape index (κ2) is 4.90. The Kier molecular flexibility index (Phi) is 2.78. The number of hydrogen-bond acceptors (Lipinski definition) is 2. The number of rotatable bonds is 3. The Labute approximate surface area is 122 Å². The largest absolute Gasteiger partial charge is 0.346 e. The predicted octanol–water partition coefficient (Wildman–Crippen LogP) is 3.47. The first-order valence-electron chi connectivity index (χ1n) is 6.90. The Hall–Kier alpha value is -2.88. The first-order valence-corrected chi connectivity index (χ1v) is 6.90. The van der Waals surface area contributed by atoms with Crippen LogP contribution < -0.4 is 0 Å². The van der Waals surface area contributed by atoms with Gasteiger partial charge in [-0.2, -0.15) is 5.10 Å². The van der Waals surface area contributed by atoms with Gasteiger partial charge in [-0.15, -0.1) is 0 Å². The third-order valence-corrected chi connectivity index (χ3v) is 3.56. The maximum atomic E-state index is 4.68. The molecule has 4 rings (SSSR count). The van der Waals surface area contributed by atoms with Gasteiger partial charge in [-0.25, -0.2) is 4.98 Å². The molecule has 0 aliphatic rings. The number of aromatic nitrogens is 4. The van der Waals surface area contributed by atoms with Crippen molar-refractivity contribution >= 4 is 11.0 Å².